The fourth-order valence-corrected chi connectivity index (χ4v) is 2.99. The van der Waals surface area contributed by atoms with Gasteiger partial charge < -0.3 is 0 Å². The summed E-state index contributed by atoms with van der Waals surface area (Å²) in [6.07, 6.45) is 12.6. The molecular formula is C13H20. The van der Waals surface area contributed by atoms with Gasteiger partial charge in [-0.3, -0.25) is 0 Å². The topological polar surface area (TPSA) is 0 Å². The molecular weight excluding hydrogens is 156 g/mol. The highest BCUT2D eigenvalue weighted by Crippen LogP contribution is 2.42. The van der Waals surface area contributed by atoms with Crippen molar-refractivity contribution in [2.45, 2.75) is 32.6 Å². The monoisotopic (exact) mass is 176 g/mol. The lowest BCUT2D eigenvalue weighted by atomic mass is 9.80. The molecule has 1 fully saturated rings. The summed E-state index contributed by atoms with van der Waals surface area (Å²) in [4.78, 5) is 0. The Morgan fingerprint density at radius 3 is 2.85 bits per heavy atom. The van der Waals surface area contributed by atoms with Crippen molar-refractivity contribution in [1.29, 1.82) is 0 Å². The van der Waals surface area contributed by atoms with Crippen LogP contribution in [-0.4, -0.2) is 0 Å². The van der Waals surface area contributed by atoms with Crippen LogP contribution in [0.1, 0.15) is 32.6 Å². The molecule has 0 heterocycles. The zero-order valence-corrected chi connectivity index (χ0v) is 8.58. The van der Waals surface area contributed by atoms with Gasteiger partial charge in [-0.1, -0.05) is 31.6 Å². The van der Waals surface area contributed by atoms with Crippen molar-refractivity contribution in [2.75, 3.05) is 0 Å². The van der Waals surface area contributed by atoms with Gasteiger partial charge in [0, 0.05) is 0 Å². The Morgan fingerprint density at radius 2 is 2.15 bits per heavy atom. The third-order valence-electron chi connectivity index (χ3n) is 3.88. The molecule has 0 nitrogen and oxygen atoms in total. The van der Waals surface area contributed by atoms with E-state index in [-0.39, 0.29) is 0 Å². The van der Waals surface area contributed by atoms with Crippen molar-refractivity contribution in [3.63, 3.8) is 0 Å². The van der Waals surface area contributed by atoms with Crippen molar-refractivity contribution in [2.24, 2.45) is 23.7 Å². The molecule has 2 bridgehead atoms. The van der Waals surface area contributed by atoms with E-state index in [0.717, 1.165) is 23.7 Å². The van der Waals surface area contributed by atoms with E-state index in [1.165, 1.54) is 25.7 Å². The molecule has 72 valence electrons. The molecule has 13 heavy (non-hydrogen) atoms. The molecule has 1 saturated carbocycles. The fourth-order valence-electron chi connectivity index (χ4n) is 2.99. The molecule has 4 atom stereocenters. The average molecular weight is 176 g/mol. The van der Waals surface area contributed by atoms with E-state index in [9.17, 15) is 0 Å². The summed E-state index contributed by atoms with van der Waals surface area (Å²) in [6, 6.07) is 0. The van der Waals surface area contributed by atoms with Gasteiger partial charge in [0.05, 0.1) is 0 Å². The molecule has 0 aromatic heterocycles. The Kier molecular flexibility index (Phi) is 2.57. The van der Waals surface area contributed by atoms with Crippen LogP contribution < -0.4 is 0 Å². The normalized spacial score (nSPS) is 43.2. The second-order valence-corrected chi connectivity index (χ2v) is 4.69. The summed E-state index contributed by atoms with van der Waals surface area (Å²) >= 11 is 0. The number of allylic oxidation sites excluding steroid dienone is 3. The van der Waals surface area contributed by atoms with Gasteiger partial charge in [0.1, 0.15) is 0 Å². The van der Waals surface area contributed by atoms with Crippen LogP contribution in [0.15, 0.2) is 24.8 Å². The number of rotatable bonds is 2. The SMILES string of the molecule is C=CC1CC2C=CC1CC(CC)C2. The summed E-state index contributed by atoms with van der Waals surface area (Å²) in [6.45, 7) is 6.29. The Hall–Kier alpha value is -0.520. The molecule has 3 aliphatic rings. The fraction of sp³-hybridized carbons (Fsp3) is 0.692. The van der Waals surface area contributed by atoms with Gasteiger partial charge in [0.15, 0.2) is 0 Å². The Bertz CT molecular complexity index is 214. The minimum atomic E-state index is 0.770. The smallest absolute Gasteiger partial charge is 0.0167 e. The molecule has 3 aliphatic carbocycles. The summed E-state index contributed by atoms with van der Waals surface area (Å²) in [7, 11) is 0. The summed E-state index contributed by atoms with van der Waals surface area (Å²) in [5.74, 6) is 3.40. The summed E-state index contributed by atoms with van der Waals surface area (Å²) in [5, 5.41) is 0. The second kappa shape index (κ2) is 3.69. The molecule has 3 rings (SSSR count). The number of hydrogen-bond acceptors (Lipinski definition) is 0. The van der Waals surface area contributed by atoms with Crippen molar-refractivity contribution in [3.05, 3.63) is 24.8 Å². The molecule has 0 saturated heterocycles. The largest absolute Gasteiger partial charge is 0.103 e. The van der Waals surface area contributed by atoms with Crippen LogP contribution in [0.4, 0.5) is 0 Å². The second-order valence-electron chi connectivity index (χ2n) is 4.69. The number of hydrogen-bond donors (Lipinski definition) is 0. The maximum atomic E-state index is 3.96. The van der Waals surface area contributed by atoms with E-state index >= 15 is 0 Å². The molecule has 0 aliphatic heterocycles. The lowest BCUT2D eigenvalue weighted by Gasteiger charge is -2.24. The average Bonchev–Trinajstić information content (AvgIpc) is 2.47. The van der Waals surface area contributed by atoms with E-state index in [1.807, 2.05) is 0 Å². The zero-order valence-electron chi connectivity index (χ0n) is 8.58. The van der Waals surface area contributed by atoms with Crippen molar-refractivity contribution in [1.82, 2.24) is 0 Å². The first-order chi connectivity index (χ1) is 6.33. The third kappa shape index (κ3) is 1.72. The molecule has 0 aromatic carbocycles. The van der Waals surface area contributed by atoms with E-state index in [4.69, 9.17) is 0 Å². The summed E-state index contributed by atoms with van der Waals surface area (Å²) < 4.78 is 0. The quantitative estimate of drug-likeness (QED) is 0.561. The van der Waals surface area contributed by atoms with E-state index in [0.29, 0.717) is 0 Å². The standard InChI is InChI=1S/C13H20/c1-3-10-7-11-5-6-13(8-10)12(4-2)9-11/h4-6,10-13H,2-3,7-9H2,1H3. The molecule has 4 unspecified atom stereocenters. The molecule has 0 radical (unpaired) electrons. The van der Waals surface area contributed by atoms with Crippen LogP contribution in [0.25, 0.3) is 0 Å². The molecule has 0 spiro atoms. The van der Waals surface area contributed by atoms with Crippen LogP contribution in [0.3, 0.4) is 0 Å². The maximum absolute atomic E-state index is 3.96. The first kappa shape index (κ1) is 9.05. The van der Waals surface area contributed by atoms with Crippen molar-refractivity contribution >= 4 is 0 Å². The molecule has 0 N–H and O–H groups in total. The molecule has 0 heteroatoms. The minimum absolute atomic E-state index is 0.770. The maximum Gasteiger partial charge on any atom is -0.0167 e. The van der Waals surface area contributed by atoms with Crippen LogP contribution in [0.5, 0.6) is 0 Å². The Balaban J connectivity index is 2.14. The van der Waals surface area contributed by atoms with Gasteiger partial charge in [-0.2, -0.15) is 0 Å². The van der Waals surface area contributed by atoms with Crippen LogP contribution >= 0.6 is 0 Å². The van der Waals surface area contributed by atoms with E-state index in [1.54, 1.807) is 0 Å². The van der Waals surface area contributed by atoms with Gasteiger partial charge in [-0.05, 0) is 42.9 Å². The summed E-state index contributed by atoms with van der Waals surface area (Å²) in [5.41, 5.74) is 0. The van der Waals surface area contributed by atoms with Crippen LogP contribution in [0.2, 0.25) is 0 Å². The third-order valence-corrected chi connectivity index (χ3v) is 3.88. The highest BCUT2D eigenvalue weighted by Gasteiger charge is 2.31. The first-order valence-electron chi connectivity index (χ1n) is 5.64. The Labute approximate surface area is 81.7 Å². The van der Waals surface area contributed by atoms with Gasteiger partial charge in [-0.15, -0.1) is 6.58 Å². The highest BCUT2D eigenvalue weighted by molar-refractivity contribution is 5.08. The molecule has 0 aromatic rings. The van der Waals surface area contributed by atoms with Crippen LogP contribution in [-0.2, 0) is 0 Å². The number of fused-ring (bicyclic) bond motifs is 3. The predicted molar refractivity (Wildman–Crippen MR) is 57.4 cm³/mol. The van der Waals surface area contributed by atoms with Crippen molar-refractivity contribution < 1.29 is 0 Å². The zero-order chi connectivity index (χ0) is 9.26. The van der Waals surface area contributed by atoms with Crippen molar-refractivity contribution in [3.8, 4) is 0 Å². The lowest BCUT2D eigenvalue weighted by molar-refractivity contribution is 0.382. The highest BCUT2D eigenvalue weighted by atomic mass is 14.4. The van der Waals surface area contributed by atoms with Gasteiger partial charge >= 0.3 is 0 Å². The lowest BCUT2D eigenvalue weighted by Crippen LogP contribution is -2.14. The van der Waals surface area contributed by atoms with Gasteiger partial charge in [-0.25, -0.2) is 0 Å². The predicted octanol–water partition coefficient (Wildman–Crippen LogP) is 3.80. The first-order valence-corrected chi connectivity index (χ1v) is 5.64. The van der Waals surface area contributed by atoms with Gasteiger partial charge in [0.2, 0.25) is 0 Å². The van der Waals surface area contributed by atoms with Crippen LogP contribution in [0, 0.1) is 23.7 Å². The molecule has 0 amide bonds. The van der Waals surface area contributed by atoms with E-state index < -0.39 is 0 Å². The van der Waals surface area contributed by atoms with Gasteiger partial charge in [0.25, 0.3) is 0 Å². The minimum Gasteiger partial charge on any atom is -0.103 e. The Morgan fingerprint density at radius 1 is 1.31 bits per heavy atom. The van der Waals surface area contributed by atoms with E-state index in [2.05, 4.69) is 31.7 Å².